The molecule has 0 radical (unpaired) electrons. The second kappa shape index (κ2) is 8.30. The van der Waals surface area contributed by atoms with E-state index in [4.69, 9.17) is 16.3 Å². The van der Waals surface area contributed by atoms with E-state index in [1.54, 1.807) is 36.4 Å². The Kier molecular flexibility index (Phi) is 5.44. The van der Waals surface area contributed by atoms with Crippen molar-refractivity contribution in [3.05, 3.63) is 64.7 Å². The summed E-state index contributed by atoms with van der Waals surface area (Å²) >= 11 is 5.96. The molecule has 2 aromatic carbocycles. The molecule has 0 spiro atoms. The van der Waals surface area contributed by atoms with Gasteiger partial charge in [0, 0.05) is 16.1 Å². The maximum atomic E-state index is 13.5. The molecule has 3 fully saturated rings. The molecule has 7 nitrogen and oxygen atoms in total. The molecule has 1 heterocycles. The van der Waals surface area contributed by atoms with Crippen molar-refractivity contribution in [3.63, 3.8) is 0 Å². The predicted molar refractivity (Wildman–Crippen MR) is 119 cm³/mol. The summed E-state index contributed by atoms with van der Waals surface area (Å²) in [5.74, 6) is -1.72. The number of carbonyl (C=O) groups is 4. The van der Waals surface area contributed by atoms with Crippen LogP contribution in [0.1, 0.15) is 40.0 Å². The van der Waals surface area contributed by atoms with Crippen molar-refractivity contribution < 1.29 is 23.9 Å². The SMILES string of the molecule is COc1cccc(C(=O)CN(C(=O)c2ccc(Cl)cc2)N2C(=O)[C@H]3[C@H]4CC[C@@H](C4)[C@@H]3C2=O)c1. The predicted octanol–water partition coefficient (Wildman–Crippen LogP) is 3.62. The number of imide groups is 1. The lowest BCUT2D eigenvalue weighted by molar-refractivity contribution is -0.154. The highest BCUT2D eigenvalue weighted by molar-refractivity contribution is 6.30. The highest BCUT2D eigenvalue weighted by Crippen LogP contribution is 2.56. The summed E-state index contributed by atoms with van der Waals surface area (Å²) in [5, 5.41) is 2.40. The first-order chi connectivity index (χ1) is 15.9. The first kappa shape index (κ1) is 21.6. The van der Waals surface area contributed by atoms with Crippen molar-refractivity contribution in [2.24, 2.45) is 23.7 Å². The average Bonchev–Trinajstić information content (AvgIpc) is 3.51. The topological polar surface area (TPSA) is 84.0 Å². The number of carbonyl (C=O) groups excluding carboxylic acids is 4. The van der Waals surface area contributed by atoms with E-state index in [9.17, 15) is 19.2 Å². The summed E-state index contributed by atoms with van der Waals surface area (Å²) in [6.07, 6.45) is 2.73. The van der Waals surface area contributed by atoms with E-state index >= 15 is 0 Å². The number of methoxy groups -OCH3 is 1. The van der Waals surface area contributed by atoms with Gasteiger partial charge in [0.25, 0.3) is 17.7 Å². The lowest BCUT2D eigenvalue weighted by Crippen LogP contribution is -2.52. The second-order valence-corrected chi connectivity index (χ2v) is 9.33. The third kappa shape index (κ3) is 3.60. The highest BCUT2D eigenvalue weighted by Gasteiger charge is 2.62. The lowest BCUT2D eigenvalue weighted by atomic mass is 9.81. The smallest absolute Gasteiger partial charge is 0.273 e. The minimum absolute atomic E-state index is 0.169. The van der Waals surface area contributed by atoms with Crippen LogP contribution < -0.4 is 4.74 Å². The standard InChI is InChI=1S/C25H23ClN2O5/c1-33-19-4-2-3-15(12-19)20(29)13-27(23(30)14-7-9-18(26)10-8-14)28-24(31)21-16-5-6-17(11-16)22(21)25(28)32/h2-4,7-10,12,16-17,21-22H,5-6,11,13H2,1H3/t16-,17-,21-,22-/m0/s1. The van der Waals surface area contributed by atoms with E-state index in [0.717, 1.165) is 29.3 Å². The zero-order valence-corrected chi connectivity index (χ0v) is 18.8. The van der Waals surface area contributed by atoms with Gasteiger partial charge >= 0.3 is 0 Å². The van der Waals surface area contributed by atoms with Crippen LogP contribution in [0, 0.1) is 23.7 Å². The Labute approximate surface area is 196 Å². The maximum absolute atomic E-state index is 13.5. The molecule has 0 N–H and O–H groups in total. The molecular weight excluding hydrogens is 444 g/mol. The molecule has 8 heteroatoms. The van der Waals surface area contributed by atoms with Crippen LogP contribution in [0.25, 0.3) is 0 Å². The number of ketones is 1. The molecule has 1 saturated heterocycles. The van der Waals surface area contributed by atoms with Gasteiger partial charge in [0.05, 0.1) is 18.9 Å². The summed E-state index contributed by atoms with van der Waals surface area (Å²) < 4.78 is 5.19. The van der Waals surface area contributed by atoms with Gasteiger partial charge in [-0.25, -0.2) is 5.01 Å². The Morgan fingerprint density at radius 2 is 1.64 bits per heavy atom. The molecule has 0 unspecified atom stereocenters. The zero-order chi connectivity index (χ0) is 23.3. The second-order valence-electron chi connectivity index (χ2n) is 8.90. The third-order valence-electron chi connectivity index (χ3n) is 7.16. The molecule has 0 aromatic heterocycles. The summed E-state index contributed by atoms with van der Waals surface area (Å²) in [6, 6.07) is 12.7. The van der Waals surface area contributed by atoms with Crippen LogP contribution in [0.2, 0.25) is 5.02 Å². The normalized spacial score (nSPS) is 25.3. The fourth-order valence-corrected chi connectivity index (χ4v) is 5.76. The van der Waals surface area contributed by atoms with Crippen molar-refractivity contribution in [2.45, 2.75) is 19.3 Å². The van der Waals surface area contributed by atoms with E-state index in [1.807, 2.05) is 0 Å². The molecule has 33 heavy (non-hydrogen) atoms. The Bertz CT molecular complexity index is 1120. The van der Waals surface area contributed by atoms with E-state index in [-0.39, 0.29) is 29.2 Å². The van der Waals surface area contributed by atoms with Crippen molar-refractivity contribution in [1.29, 1.82) is 0 Å². The molecule has 2 aromatic rings. The van der Waals surface area contributed by atoms with Crippen LogP contribution in [0.15, 0.2) is 48.5 Å². The van der Waals surface area contributed by atoms with Crippen LogP contribution in [-0.4, -0.2) is 47.2 Å². The van der Waals surface area contributed by atoms with Crippen molar-refractivity contribution in [1.82, 2.24) is 10.0 Å². The quantitative estimate of drug-likeness (QED) is 0.479. The summed E-state index contributed by atoms with van der Waals surface area (Å²) in [4.78, 5) is 53.4. The molecule has 2 bridgehead atoms. The van der Waals surface area contributed by atoms with Crippen molar-refractivity contribution in [3.8, 4) is 5.75 Å². The lowest BCUT2D eigenvalue weighted by Gasteiger charge is -2.30. The number of Topliss-reactive ketones (excluding diaryl/α,β-unsaturated/α-hetero) is 1. The molecular formula is C25H23ClN2O5. The largest absolute Gasteiger partial charge is 0.497 e. The Balaban J connectivity index is 1.49. The summed E-state index contributed by atoms with van der Waals surface area (Å²) in [5.41, 5.74) is 0.557. The van der Waals surface area contributed by atoms with Crippen LogP contribution in [0.3, 0.4) is 0 Å². The van der Waals surface area contributed by atoms with E-state index in [1.165, 1.54) is 19.2 Å². The van der Waals surface area contributed by atoms with Crippen molar-refractivity contribution >= 4 is 35.1 Å². The van der Waals surface area contributed by atoms with Gasteiger partial charge in [-0.15, -0.1) is 0 Å². The number of hydrogen-bond acceptors (Lipinski definition) is 5. The molecule has 3 amide bonds. The fraction of sp³-hybridized carbons (Fsp3) is 0.360. The van der Waals surface area contributed by atoms with Gasteiger partial charge in [0.15, 0.2) is 5.78 Å². The van der Waals surface area contributed by atoms with Gasteiger partial charge in [-0.3, -0.25) is 19.2 Å². The van der Waals surface area contributed by atoms with Gasteiger partial charge in [-0.05, 0) is 67.5 Å². The number of halogens is 1. The van der Waals surface area contributed by atoms with Gasteiger partial charge in [-0.1, -0.05) is 23.7 Å². The first-order valence-electron chi connectivity index (χ1n) is 11.0. The maximum Gasteiger partial charge on any atom is 0.273 e. The average molecular weight is 467 g/mol. The van der Waals surface area contributed by atoms with Gasteiger partial charge < -0.3 is 4.74 Å². The number of nitrogens with zero attached hydrogens (tertiary/aromatic N) is 2. The number of benzene rings is 2. The van der Waals surface area contributed by atoms with Gasteiger partial charge in [0.1, 0.15) is 12.3 Å². The number of ether oxygens (including phenoxy) is 1. The molecule has 1 aliphatic heterocycles. The number of amides is 3. The minimum atomic E-state index is -0.600. The summed E-state index contributed by atoms with van der Waals surface area (Å²) in [6.45, 7) is -0.444. The Hall–Kier alpha value is -3.19. The minimum Gasteiger partial charge on any atom is -0.497 e. The highest BCUT2D eigenvalue weighted by atomic mass is 35.5. The summed E-state index contributed by atoms with van der Waals surface area (Å²) in [7, 11) is 1.49. The first-order valence-corrected chi connectivity index (χ1v) is 11.4. The van der Waals surface area contributed by atoms with Crippen LogP contribution in [0.5, 0.6) is 5.75 Å². The van der Waals surface area contributed by atoms with Crippen LogP contribution >= 0.6 is 11.6 Å². The Morgan fingerprint density at radius 1 is 1.00 bits per heavy atom. The number of hydrogen-bond donors (Lipinski definition) is 0. The van der Waals surface area contributed by atoms with Crippen LogP contribution in [0.4, 0.5) is 0 Å². The number of rotatable bonds is 6. The number of fused-ring (bicyclic) bond motifs is 5. The van der Waals surface area contributed by atoms with Gasteiger partial charge in [-0.2, -0.15) is 5.01 Å². The third-order valence-corrected chi connectivity index (χ3v) is 7.41. The van der Waals surface area contributed by atoms with Crippen LogP contribution in [-0.2, 0) is 9.59 Å². The molecule has 170 valence electrons. The zero-order valence-electron chi connectivity index (χ0n) is 18.1. The van der Waals surface area contributed by atoms with E-state index in [2.05, 4.69) is 0 Å². The van der Waals surface area contributed by atoms with E-state index < -0.39 is 30.1 Å². The molecule has 4 atom stereocenters. The van der Waals surface area contributed by atoms with Gasteiger partial charge in [0.2, 0.25) is 0 Å². The molecule has 3 aliphatic rings. The van der Waals surface area contributed by atoms with Crippen molar-refractivity contribution in [2.75, 3.05) is 13.7 Å². The Morgan fingerprint density at radius 3 is 2.24 bits per heavy atom. The van der Waals surface area contributed by atoms with E-state index in [0.29, 0.717) is 16.3 Å². The molecule has 2 aliphatic carbocycles. The molecule has 2 saturated carbocycles. The molecule has 5 rings (SSSR count). The monoisotopic (exact) mass is 466 g/mol. The number of hydrazine groups is 1. The fourth-order valence-electron chi connectivity index (χ4n) is 5.63.